The summed E-state index contributed by atoms with van der Waals surface area (Å²) in [7, 11) is 1.69. The van der Waals surface area contributed by atoms with E-state index in [1.165, 1.54) is 4.90 Å². The first-order valence-electron chi connectivity index (χ1n) is 10.1. The van der Waals surface area contributed by atoms with Crippen molar-refractivity contribution in [3.05, 3.63) is 24.3 Å². The Balaban J connectivity index is 1.90. The number of aliphatic hydroxyl groups is 1. The molecule has 0 bridgehead atoms. The first kappa shape index (κ1) is 23.0. The largest absolute Gasteiger partial charge is 0.491 e. The summed E-state index contributed by atoms with van der Waals surface area (Å²) in [6.07, 6.45) is 0.392. The molecule has 1 aromatic carbocycles. The molecule has 162 valence electrons. The summed E-state index contributed by atoms with van der Waals surface area (Å²) in [5, 5.41) is 10.9. The first-order valence-corrected chi connectivity index (χ1v) is 10.1. The zero-order valence-electron chi connectivity index (χ0n) is 18.4. The van der Waals surface area contributed by atoms with E-state index in [4.69, 9.17) is 9.47 Å². The standard InChI is InChI=1S/C22H34N2O5/c1-16(2)28-18-9-7-17(8-10-18)23(6)19(25)15-22(27)11-13-24(14-12-22)20(26)29-21(3,4)5/h7-10,16,27H,11-15H2,1-6H3. The third-order valence-corrected chi connectivity index (χ3v) is 4.80. The monoisotopic (exact) mass is 406 g/mol. The fourth-order valence-corrected chi connectivity index (χ4v) is 3.17. The number of likely N-dealkylation sites (tertiary alicyclic amines) is 1. The zero-order valence-corrected chi connectivity index (χ0v) is 18.4. The van der Waals surface area contributed by atoms with Gasteiger partial charge in [0, 0.05) is 25.8 Å². The van der Waals surface area contributed by atoms with Gasteiger partial charge >= 0.3 is 6.09 Å². The molecule has 1 heterocycles. The fourth-order valence-electron chi connectivity index (χ4n) is 3.17. The maximum Gasteiger partial charge on any atom is 0.410 e. The molecule has 0 unspecified atom stereocenters. The zero-order chi connectivity index (χ0) is 21.8. The highest BCUT2D eigenvalue weighted by molar-refractivity contribution is 5.93. The van der Waals surface area contributed by atoms with Crippen LogP contribution in [0.2, 0.25) is 0 Å². The van der Waals surface area contributed by atoms with Crippen LogP contribution in [0.1, 0.15) is 53.9 Å². The maximum atomic E-state index is 12.7. The van der Waals surface area contributed by atoms with E-state index >= 15 is 0 Å². The Morgan fingerprint density at radius 1 is 1.17 bits per heavy atom. The normalized spacial score (nSPS) is 16.5. The van der Waals surface area contributed by atoms with Gasteiger partial charge in [0.25, 0.3) is 0 Å². The second-order valence-electron chi connectivity index (χ2n) is 8.98. The molecule has 0 atom stereocenters. The van der Waals surface area contributed by atoms with Crippen LogP contribution in [0.4, 0.5) is 10.5 Å². The van der Waals surface area contributed by atoms with Crippen molar-refractivity contribution >= 4 is 17.7 Å². The number of carbonyl (C=O) groups is 2. The van der Waals surface area contributed by atoms with Gasteiger partial charge in [-0.3, -0.25) is 4.79 Å². The molecule has 2 rings (SSSR count). The summed E-state index contributed by atoms with van der Waals surface area (Å²) >= 11 is 0. The van der Waals surface area contributed by atoms with Gasteiger partial charge in [0.05, 0.1) is 18.1 Å². The topological polar surface area (TPSA) is 79.3 Å². The molecule has 1 fully saturated rings. The van der Waals surface area contributed by atoms with Crippen LogP contribution in [-0.2, 0) is 9.53 Å². The van der Waals surface area contributed by atoms with E-state index < -0.39 is 11.2 Å². The Morgan fingerprint density at radius 3 is 2.21 bits per heavy atom. The van der Waals surface area contributed by atoms with Crippen molar-refractivity contribution in [2.45, 2.75) is 71.2 Å². The molecule has 1 aliphatic heterocycles. The molecule has 7 nitrogen and oxygen atoms in total. The van der Waals surface area contributed by atoms with Gasteiger partial charge in [-0.2, -0.15) is 0 Å². The van der Waals surface area contributed by atoms with E-state index in [-0.39, 0.29) is 24.5 Å². The molecule has 29 heavy (non-hydrogen) atoms. The third kappa shape index (κ3) is 6.92. The van der Waals surface area contributed by atoms with Crippen LogP contribution in [-0.4, -0.2) is 59.5 Å². The van der Waals surface area contributed by atoms with Crippen LogP contribution in [0.3, 0.4) is 0 Å². The van der Waals surface area contributed by atoms with Crippen molar-refractivity contribution in [3.63, 3.8) is 0 Å². The van der Waals surface area contributed by atoms with Gasteiger partial charge in [0.15, 0.2) is 0 Å². The molecule has 1 aromatic rings. The number of ether oxygens (including phenoxy) is 2. The third-order valence-electron chi connectivity index (χ3n) is 4.80. The number of amides is 2. The first-order chi connectivity index (χ1) is 13.4. The molecule has 1 N–H and O–H groups in total. The molecule has 7 heteroatoms. The molecule has 0 saturated carbocycles. The summed E-state index contributed by atoms with van der Waals surface area (Å²) < 4.78 is 11.0. The van der Waals surface area contributed by atoms with Crippen molar-refractivity contribution in [1.82, 2.24) is 4.90 Å². The van der Waals surface area contributed by atoms with Crippen molar-refractivity contribution in [2.75, 3.05) is 25.0 Å². The van der Waals surface area contributed by atoms with Crippen molar-refractivity contribution in [1.29, 1.82) is 0 Å². The number of nitrogens with zero attached hydrogens (tertiary/aromatic N) is 2. The van der Waals surface area contributed by atoms with Gasteiger partial charge in [-0.05, 0) is 71.7 Å². The summed E-state index contributed by atoms with van der Waals surface area (Å²) in [6, 6.07) is 7.30. The lowest BCUT2D eigenvalue weighted by Crippen LogP contribution is -2.49. The number of hydrogen-bond acceptors (Lipinski definition) is 5. The van der Waals surface area contributed by atoms with Crippen molar-refractivity contribution < 1.29 is 24.2 Å². The minimum Gasteiger partial charge on any atom is -0.491 e. The Bertz CT molecular complexity index is 701. The summed E-state index contributed by atoms with van der Waals surface area (Å²) in [4.78, 5) is 28.0. The van der Waals surface area contributed by atoms with E-state index in [1.807, 2.05) is 58.9 Å². The van der Waals surface area contributed by atoms with E-state index in [0.29, 0.717) is 25.9 Å². The quantitative estimate of drug-likeness (QED) is 0.808. The molecule has 1 aliphatic rings. The molecular weight excluding hydrogens is 372 g/mol. The smallest absolute Gasteiger partial charge is 0.410 e. The maximum absolute atomic E-state index is 12.7. The van der Waals surface area contributed by atoms with E-state index in [2.05, 4.69) is 0 Å². The second kappa shape index (κ2) is 9.03. The lowest BCUT2D eigenvalue weighted by atomic mass is 9.88. The Hall–Kier alpha value is -2.28. The predicted octanol–water partition coefficient (Wildman–Crippen LogP) is 3.59. The SMILES string of the molecule is CC(C)Oc1ccc(N(C)C(=O)CC2(O)CCN(C(=O)OC(C)(C)C)CC2)cc1. The number of benzene rings is 1. The molecule has 0 radical (unpaired) electrons. The lowest BCUT2D eigenvalue weighted by molar-refractivity contribution is -0.125. The molecule has 0 aliphatic carbocycles. The summed E-state index contributed by atoms with van der Waals surface area (Å²) in [5.74, 6) is 0.577. The Kier molecular flexibility index (Phi) is 7.16. The molecular formula is C22H34N2O5. The van der Waals surface area contributed by atoms with Crippen LogP contribution >= 0.6 is 0 Å². The Labute approximate surface area is 173 Å². The predicted molar refractivity (Wildman–Crippen MR) is 112 cm³/mol. The van der Waals surface area contributed by atoms with Gasteiger partial charge in [-0.1, -0.05) is 0 Å². The Morgan fingerprint density at radius 2 is 1.72 bits per heavy atom. The van der Waals surface area contributed by atoms with Crippen LogP contribution in [0.15, 0.2) is 24.3 Å². The van der Waals surface area contributed by atoms with Crippen molar-refractivity contribution in [2.24, 2.45) is 0 Å². The van der Waals surface area contributed by atoms with Gasteiger partial charge in [0.1, 0.15) is 11.4 Å². The van der Waals surface area contributed by atoms with Gasteiger partial charge in [-0.25, -0.2) is 4.79 Å². The second-order valence-corrected chi connectivity index (χ2v) is 8.98. The van der Waals surface area contributed by atoms with E-state index in [9.17, 15) is 14.7 Å². The van der Waals surface area contributed by atoms with E-state index in [1.54, 1.807) is 11.9 Å². The number of anilines is 1. The number of rotatable bonds is 5. The number of piperidine rings is 1. The summed E-state index contributed by atoms with van der Waals surface area (Å²) in [5.41, 5.74) is -0.940. The molecule has 1 saturated heterocycles. The lowest BCUT2D eigenvalue weighted by Gasteiger charge is -2.38. The van der Waals surface area contributed by atoms with E-state index in [0.717, 1.165) is 11.4 Å². The van der Waals surface area contributed by atoms with Gasteiger partial charge < -0.3 is 24.4 Å². The molecule has 0 aromatic heterocycles. The van der Waals surface area contributed by atoms with Crippen LogP contribution in [0.25, 0.3) is 0 Å². The van der Waals surface area contributed by atoms with Crippen LogP contribution in [0.5, 0.6) is 5.75 Å². The molecule has 0 spiro atoms. The van der Waals surface area contributed by atoms with Crippen LogP contribution in [0, 0.1) is 0 Å². The number of hydrogen-bond donors (Lipinski definition) is 1. The highest BCUT2D eigenvalue weighted by Crippen LogP contribution is 2.28. The highest BCUT2D eigenvalue weighted by atomic mass is 16.6. The van der Waals surface area contributed by atoms with Crippen molar-refractivity contribution in [3.8, 4) is 5.75 Å². The average Bonchev–Trinajstić information content (AvgIpc) is 2.60. The molecule has 2 amide bonds. The minimum absolute atomic E-state index is 0.00983. The van der Waals surface area contributed by atoms with Gasteiger partial charge in [-0.15, -0.1) is 0 Å². The summed E-state index contributed by atoms with van der Waals surface area (Å²) in [6.45, 7) is 10.1. The average molecular weight is 407 g/mol. The number of carbonyl (C=O) groups excluding carboxylic acids is 2. The minimum atomic E-state index is -1.12. The fraction of sp³-hybridized carbons (Fsp3) is 0.636. The highest BCUT2D eigenvalue weighted by Gasteiger charge is 2.37. The van der Waals surface area contributed by atoms with Gasteiger partial charge in [0.2, 0.25) is 5.91 Å². The van der Waals surface area contributed by atoms with Crippen LogP contribution < -0.4 is 9.64 Å².